The molecule has 3 N–H and O–H groups in total. The monoisotopic (exact) mass is 593 g/mol. The van der Waals surface area contributed by atoms with Gasteiger partial charge < -0.3 is 15.2 Å². The van der Waals surface area contributed by atoms with E-state index >= 15 is 0 Å². The average molecular weight is 594 g/mol. The molecule has 1 aliphatic rings. The van der Waals surface area contributed by atoms with Crippen LogP contribution in [0.5, 0.6) is 11.5 Å². The second-order valence-corrected chi connectivity index (χ2v) is 10.3. The van der Waals surface area contributed by atoms with Gasteiger partial charge in [0.2, 0.25) is 0 Å². The zero-order valence-corrected chi connectivity index (χ0v) is 22.8. The summed E-state index contributed by atoms with van der Waals surface area (Å²) in [6.45, 7) is 0.408. The number of phenolic OH excluding ortho intramolecular Hbond substituents is 1. The van der Waals surface area contributed by atoms with Gasteiger partial charge in [-0.15, -0.1) is 0 Å². The van der Waals surface area contributed by atoms with E-state index in [1.165, 1.54) is 5.01 Å². The van der Waals surface area contributed by atoms with Crippen molar-refractivity contribution >= 4 is 44.2 Å². The molecule has 7 nitrogen and oxygen atoms in total. The van der Waals surface area contributed by atoms with E-state index in [0.29, 0.717) is 34.7 Å². The maximum atomic E-state index is 13.8. The molecule has 0 unspecified atom stereocenters. The number of hydrogen-bond donors (Lipinski definition) is 3. The number of benzene rings is 5. The largest absolute Gasteiger partial charge is 0.507 e. The fourth-order valence-corrected chi connectivity index (χ4v) is 5.14. The average Bonchev–Trinajstić information content (AvgIpc) is 2.98. The predicted molar refractivity (Wildman–Crippen MR) is 157 cm³/mol. The van der Waals surface area contributed by atoms with Gasteiger partial charge in [-0.05, 0) is 64.9 Å². The van der Waals surface area contributed by atoms with Crippen molar-refractivity contribution in [2.75, 3.05) is 5.32 Å². The van der Waals surface area contributed by atoms with Gasteiger partial charge in [0.1, 0.15) is 18.1 Å². The third-order valence-electron chi connectivity index (χ3n) is 6.79. The van der Waals surface area contributed by atoms with Crippen molar-refractivity contribution in [1.29, 1.82) is 0 Å². The van der Waals surface area contributed by atoms with E-state index in [2.05, 4.69) is 26.7 Å². The Morgan fingerprint density at radius 1 is 0.925 bits per heavy atom. The van der Waals surface area contributed by atoms with Gasteiger partial charge in [0.05, 0.1) is 5.56 Å². The third-order valence-corrected chi connectivity index (χ3v) is 7.28. The number of carbonyl (C=O) groups is 2. The van der Waals surface area contributed by atoms with Crippen LogP contribution in [-0.2, 0) is 6.61 Å². The van der Waals surface area contributed by atoms with Gasteiger partial charge in [-0.25, -0.2) is 5.01 Å². The molecule has 0 saturated carbocycles. The van der Waals surface area contributed by atoms with Crippen LogP contribution in [0, 0.1) is 0 Å². The van der Waals surface area contributed by atoms with Gasteiger partial charge >= 0.3 is 0 Å². The Morgan fingerprint density at radius 3 is 2.48 bits per heavy atom. The first-order chi connectivity index (χ1) is 19.5. The molecule has 0 fully saturated rings. The minimum atomic E-state index is -0.871. The summed E-state index contributed by atoms with van der Waals surface area (Å²) in [5, 5.41) is 17.2. The molecular weight excluding hydrogens is 570 g/mol. The molecule has 0 aliphatic carbocycles. The second kappa shape index (κ2) is 10.7. The van der Waals surface area contributed by atoms with Gasteiger partial charge in [-0.2, -0.15) is 0 Å². The summed E-state index contributed by atoms with van der Waals surface area (Å²) in [4.78, 5) is 27.2. The fraction of sp³-hybridized carbons (Fsp3) is 0.0625. The summed E-state index contributed by atoms with van der Waals surface area (Å²) >= 11 is 3.43. The van der Waals surface area contributed by atoms with E-state index in [0.717, 1.165) is 20.8 Å². The van der Waals surface area contributed by atoms with E-state index in [1.54, 1.807) is 42.5 Å². The number of fused-ring (bicyclic) bond motifs is 2. The molecule has 0 spiro atoms. The van der Waals surface area contributed by atoms with Crippen LogP contribution in [0.1, 0.15) is 38.0 Å². The van der Waals surface area contributed by atoms with E-state index in [4.69, 9.17) is 4.74 Å². The minimum absolute atomic E-state index is 0.00345. The lowest BCUT2D eigenvalue weighted by molar-refractivity contribution is 0.0490. The molecular formula is C32H24BrN3O4. The summed E-state index contributed by atoms with van der Waals surface area (Å²) in [5.41, 5.74) is 5.62. The number of carbonyl (C=O) groups excluding carboxylic acids is 2. The van der Waals surface area contributed by atoms with E-state index in [1.807, 2.05) is 66.7 Å². The van der Waals surface area contributed by atoms with Crippen molar-refractivity contribution in [3.05, 3.63) is 136 Å². The number of halogens is 1. The van der Waals surface area contributed by atoms with Crippen LogP contribution in [0.25, 0.3) is 10.8 Å². The highest BCUT2D eigenvalue weighted by Crippen LogP contribution is 2.40. The van der Waals surface area contributed by atoms with Gasteiger partial charge in [0, 0.05) is 21.3 Å². The first-order valence-corrected chi connectivity index (χ1v) is 13.5. The lowest BCUT2D eigenvalue weighted by Gasteiger charge is -2.38. The highest BCUT2D eigenvalue weighted by Gasteiger charge is 2.37. The first kappa shape index (κ1) is 25.5. The summed E-state index contributed by atoms with van der Waals surface area (Å²) in [6.07, 6.45) is -0.871. The molecule has 2 amide bonds. The number of phenols is 1. The van der Waals surface area contributed by atoms with Crippen molar-refractivity contribution in [3.8, 4) is 11.5 Å². The number of hydrogen-bond acceptors (Lipinski definition) is 5. The molecule has 40 heavy (non-hydrogen) atoms. The number of amides is 2. The van der Waals surface area contributed by atoms with Crippen LogP contribution in [-0.4, -0.2) is 21.9 Å². The predicted octanol–water partition coefficient (Wildman–Crippen LogP) is 6.80. The molecule has 198 valence electrons. The van der Waals surface area contributed by atoms with E-state index in [9.17, 15) is 14.7 Å². The number of nitrogens with zero attached hydrogens (tertiary/aromatic N) is 1. The Labute approximate surface area is 239 Å². The summed E-state index contributed by atoms with van der Waals surface area (Å²) in [5.74, 6) is -0.270. The van der Waals surface area contributed by atoms with Gasteiger partial charge in [0.25, 0.3) is 11.8 Å². The number of aromatic hydroxyl groups is 1. The van der Waals surface area contributed by atoms with Crippen LogP contribution < -0.4 is 15.5 Å². The molecule has 5 aromatic rings. The van der Waals surface area contributed by atoms with E-state index in [-0.39, 0.29) is 5.75 Å². The van der Waals surface area contributed by atoms with Crippen molar-refractivity contribution in [3.63, 3.8) is 0 Å². The highest BCUT2D eigenvalue weighted by molar-refractivity contribution is 9.10. The smallest absolute Gasteiger partial charge is 0.276 e. The normalized spacial score (nSPS) is 14.4. The Bertz CT molecular complexity index is 1720. The summed E-state index contributed by atoms with van der Waals surface area (Å²) in [7, 11) is 0. The third kappa shape index (κ3) is 4.97. The molecule has 1 aliphatic heterocycles. The van der Waals surface area contributed by atoms with Crippen LogP contribution in [0.15, 0.2) is 114 Å². The molecule has 8 heteroatoms. The summed E-state index contributed by atoms with van der Waals surface area (Å²) in [6, 6.07) is 32.8. The topological polar surface area (TPSA) is 90.9 Å². The second-order valence-electron chi connectivity index (χ2n) is 9.37. The van der Waals surface area contributed by atoms with Crippen LogP contribution in [0.2, 0.25) is 0 Å². The SMILES string of the molecule is O=C(NN1C(=O)c2cc(Br)ccc2N[C@H]1c1c(O)ccc2ccccc12)c1ccc(OCc2ccccc2)cc1. The lowest BCUT2D eigenvalue weighted by atomic mass is 9.98. The van der Waals surface area contributed by atoms with Gasteiger partial charge in [-0.3, -0.25) is 15.0 Å². The number of anilines is 1. The zero-order chi connectivity index (χ0) is 27.6. The standard InChI is InChI=1S/C32H24BrN3O4/c33-23-13-16-27-26(18-23)32(39)36(30(34-27)29-25-9-5-4-8-21(25)12-17-28(29)37)35-31(38)22-10-14-24(15-11-22)40-19-20-6-2-1-3-7-20/h1-18,30,34,37H,19H2,(H,35,38)/t30-/m1/s1. The minimum Gasteiger partial charge on any atom is -0.507 e. The lowest BCUT2D eigenvalue weighted by Crippen LogP contribution is -2.53. The Balaban J connectivity index is 1.31. The number of hydrazine groups is 1. The van der Waals surface area contributed by atoms with Crippen molar-refractivity contribution in [2.45, 2.75) is 12.8 Å². The van der Waals surface area contributed by atoms with Gasteiger partial charge in [0.15, 0.2) is 6.17 Å². The Hall–Kier alpha value is -4.82. The summed E-state index contributed by atoms with van der Waals surface area (Å²) < 4.78 is 6.56. The number of nitrogens with one attached hydrogen (secondary N) is 2. The molecule has 0 saturated heterocycles. The molecule has 1 atom stereocenters. The quantitative estimate of drug-likeness (QED) is 0.201. The van der Waals surface area contributed by atoms with Crippen molar-refractivity contribution in [1.82, 2.24) is 10.4 Å². The molecule has 6 rings (SSSR count). The molecule has 0 radical (unpaired) electrons. The van der Waals surface area contributed by atoms with Crippen LogP contribution in [0.4, 0.5) is 5.69 Å². The Morgan fingerprint density at radius 2 is 1.68 bits per heavy atom. The first-order valence-electron chi connectivity index (χ1n) is 12.7. The van der Waals surface area contributed by atoms with Crippen molar-refractivity contribution in [2.24, 2.45) is 0 Å². The van der Waals surface area contributed by atoms with Crippen LogP contribution >= 0.6 is 15.9 Å². The Kier molecular flexibility index (Phi) is 6.84. The number of rotatable bonds is 6. The number of ether oxygens (including phenoxy) is 1. The molecule has 5 aromatic carbocycles. The fourth-order valence-electron chi connectivity index (χ4n) is 4.78. The zero-order valence-electron chi connectivity index (χ0n) is 21.2. The maximum Gasteiger partial charge on any atom is 0.276 e. The molecule has 0 bridgehead atoms. The van der Waals surface area contributed by atoms with Crippen molar-refractivity contribution < 1.29 is 19.4 Å². The highest BCUT2D eigenvalue weighted by atomic mass is 79.9. The van der Waals surface area contributed by atoms with E-state index < -0.39 is 18.0 Å². The van der Waals surface area contributed by atoms with Crippen LogP contribution in [0.3, 0.4) is 0 Å². The van der Waals surface area contributed by atoms with Gasteiger partial charge in [-0.1, -0.05) is 76.6 Å². The molecule has 1 heterocycles. The maximum absolute atomic E-state index is 13.8. The molecule has 0 aromatic heterocycles.